The molecule has 2 aromatic rings. The number of benzene rings is 1. The lowest BCUT2D eigenvalue weighted by atomic mass is 9.76. The first kappa shape index (κ1) is 22.1. The zero-order chi connectivity index (χ0) is 22.7. The van der Waals surface area contributed by atoms with Gasteiger partial charge in [0.25, 0.3) is 0 Å². The fourth-order valence-corrected chi connectivity index (χ4v) is 5.85. The third-order valence-electron chi connectivity index (χ3n) is 6.08. The van der Waals surface area contributed by atoms with E-state index in [4.69, 9.17) is 9.47 Å². The Labute approximate surface area is 191 Å². The zero-order valence-electron chi connectivity index (χ0n) is 18.3. The minimum absolute atomic E-state index is 0.217. The fourth-order valence-electron chi connectivity index (χ4n) is 4.57. The number of methoxy groups -OCH3 is 1. The summed E-state index contributed by atoms with van der Waals surface area (Å²) in [5, 5.41) is 13.9. The quantitative estimate of drug-likeness (QED) is 0.505. The third kappa shape index (κ3) is 4.28. The van der Waals surface area contributed by atoms with E-state index in [1.807, 2.05) is 24.3 Å². The van der Waals surface area contributed by atoms with Crippen molar-refractivity contribution in [2.45, 2.75) is 44.9 Å². The lowest BCUT2D eigenvalue weighted by Gasteiger charge is -2.29. The standard InChI is InChI=1S/C25H26N2O4S/c1-3-31-25(29)23-19(15-7-6-8-17(11-15)30-2)12-16(13-21(23)28)27-24-20(14-26)18-9-4-5-10-22(18)32-24/h6-8,11,13,19,23,27H,3-5,9-10,12H2,1-2H3/t19-,23-/m0/s1. The van der Waals surface area contributed by atoms with Crippen LogP contribution in [0.1, 0.15) is 53.7 Å². The van der Waals surface area contributed by atoms with Crippen LogP contribution in [0.4, 0.5) is 5.00 Å². The molecule has 7 heteroatoms. The van der Waals surface area contributed by atoms with Crippen LogP contribution in [0.3, 0.4) is 0 Å². The molecule has 0 unspecified atom stereocenters. The molecular formula is C25H26N2O4S. The Kier molecular flexibility index (Phi) is 6.61. The van der Waals surface area contributed by atoms with Gasteiger partial charge in [-0.1, -0.05) is 12.1 Å². The van der Waals surface area contributed by atoms with Crippen molar-refractivity contribution in [3.63, 3.8) is 0 Å². The van der Waals surface area contributed by atoms with Gasteiger partial charge in [-0.05, 0) is 62.3 Å². The minimum atomic E-state index is -0.903. The number of hydrogen-bond donors (Lipinski definition) is 1. The average molecular weight is 451 g/mol. The van der Waals surface area contributed by atoms with Crippen molar-refractivity contribution in [1.82, 2.24) is 0 Å². The first-order chi connectivity index (χ1) is 15.5. The van der Waals surface area contributed by atoms with E-state index in [0.717, 1.165) is 41.8 Å². The third-order valence-corrected chi connectivity index (χ3v) is 7.29. The number of thiophene rings is 1. The van der Waals surface area contributed by atoms with Crippen molar-refractivity contribution in [1.29, 1.82) is 5.26 Å². The smallest absolute Gasteiger partial charge is 0.317 e. The van der Waals surface area contributed by atoms with Crippen LogP contribution < -0.4 is 10.1 Å². The van der Waals surface area contributed by atoms with Crippen LogP contribution in [0.2, 0.25) is 0 Å². The molecule has 166 valence electrons. The van der Waals surface area contributed by atoms with Crippen molar-refractivity contribution < 1.29 is 19.1 Å². The van der Waals surface area contributed by atoms with E-state index >= 15 is 0 Å². The van der Waals surface area contributed by atoms with Crippen LogP contribution >= 0.6 is 11.3 Å². The number of ether oxygens (including phenoxy) is 2. The highest BCUT2D eigenvalue weighted by molar-refractivity contribution is 7.16. The first-order valence-electron chi connectivity index (χ1n) is 10.9. The highest BCUT2D eigenvalue weighted by Crippen LogP contribution is 2.42. The van der Waals surface area contributed by atoms with E-state index in [0.29, 0.717) is 23.4 Å². The Hall–Kier alpha value is -3.11. The molecule has 0 amide bonds. The number of ketones is 1. The Balaban J connectivity index is 1.68. The molecule has 2 aliphatic carbocycles. The van der Waals surface area contributed by atoms with Gasteiger partial charge in [0.15, 0.2) is 5.78 Å². The second-order valence-corrected chi connectivity index (χ2v) is 9.15. The van der Waals surface area contributed by atoms with Gasteiger partial charge in [-0.25, -0.2) is 0 Å². The van der Waals surface area contributed by atoms with E-state index < -0.39 is 11.9 Å². The molecular weight excluding hydrogens is 424 g/mol. The van der Waals surface area contributed by atoms with Crippen molar-refractivity contribution in [3.8, 4) is 11.8 Å². The molecule has 2 aliphatic rings. The van der Waals surface area contributed by atoms with Crippen LogP contribution in [-0.2, 0) is 27.2 Å². The molecule has 2 atom stereocenters. The van der Waals surface area contributed by atoms with Gasteiger partial charge in [0.05, 0.1) is 19.3 Å². The number of nitrogens with zero attached hydrogens (tertiary/aromatic N) is 1. The predicted octanol–water partition coefficient (Wildman–Crippen LogP) is 4.74. The van der Waals surface area contributed by atoms with Gasteiger partial charge in [0, 0.05) is 22.6 Å². The van der Waals surface area contributed by atoms with Crippen LogP contribution in [-0.4, -0.2) is 25.5 Å². The van der Waals surface area contributed by atoms with Gasteiger partial charge in [-0.15, -0.1) is 11.3 Å². The van der Waals surface area contributed by atoms with Gasteiger partial charge in [-0.2, -0.15) is 5.26 Å². The maximum atomic E-state index is 13.1. The van der Waals surface area contributed by atoms with Crippen molar-refractivity contribution in [2.24, 2.45) is 5.92 Å². The Morgan fingerprint density at radius 1 is 1.31 bits per heavy atom. The predicted molar refractivity (Wildman–Crippen MR) is 123 cm³/mol. The molecule has 1 aromatic carbocycles. The number of aryl methyl sites for hydroxylation is 1. The summed E-state index contributed by atoms with van der Waals surface area (Å²) in [4.78, 5) is 27.0. The summed E-state index contributed by atoms with van der Waals surface area (Å²) in [6, 6.07) is 9.80. The lowest BCUT2D eigenvalue weighted by Crippen LogP contribution is -2.35. The first-order valence-corrected chi connectivity index (χ1v) is 11.7. The molecule has 0 saturated carbocycles. The van der Waals surface area contributed by atoms with E-state index in [2.05, 4.69) is 11.4 Å². The van der Waals surface area contributed by atoms with Crippen molar-refractivity contribution in [3.05, 3.63) is 57.6 Å². The van der Waals surface area contributed by atoms with Crippen LogP contribution in [0, 0.1) is 17.2 Å². The number of rotatable bonds is 6. The van der Waals surface area contributed by atoms with Crippen molar-refractivity contribution >= 4 is 28.1 Å². The molecule has 0 fully saturated rings. The van der Waals surface area contributed by atoms with Gasteiger partial charge in [0.2, 0.25) is 0 Å². The molecule has 32 heavy (non-hydrogen) atoms. The van der Waals surface area contributed by atoms with Crippen LogP contribution in [0.5, 0.6) is 5.75 Å². The summed E-state index contributed by atoms with van der Waals surface area (Å²) >= 11 is 1.60. The van der Waals surface area contributed by atoms with Gasteiger partial charge in [-0.3, -0.25) is 9.59 Å². The van der Waals surface area contributed by atoms with E-state index in [-0.39, 0.29) is 18.3 Å². The molecule has 1 aromatic heterocycles. The summed E-state index contributed by atoms with van der Waals surface area (Å²) in [5.74, 6) is -1.42. The second-order valence-electron chi connectivity index (χ2n) is 8.04. The Bertz CT molecular complexity index is 1110. The molecule has 1 heterocycles. The molecule has 6 nitrogen and oxygen atoms in total. The number of carbonyl (C=O) groups excluding carboxylic acids is 2. The maximum absolute atomic E-state index is 13.1. The fraction of sp³-hybridized carbons (Fsp3) is 0.400. The van der Waals surface area contributed by atoms with Gasteiger partial charge in [0.1, 0.15) is 22.7 Å². The SMILES string of the molecule is CCOC(=O)[C@@H]1C(=O)C=C(Nc2sc3c(c2C#N)CCCC3)C[C@H]1c1cccc(OC)c1. The van der Waals surface area contributed by atoms with E-state index in [9.17, 15) is 14.9 Å². The van der Waals surface area contributed by atoms with Gasteiger partial charge >= 0.3 is 5.97 Å². The number of hydrogen-bond acceptors (Lipinski definition) is 7. The van der Waals surface area contributed by atoms with Crippen LogP contribution in [0.15, 0.2) is 36.0 Å². The number of carbonyl (C=O) groups is 2. The topological polar surface area (TPSA) is 88.4 Å². The van der Waals surface area contributed by atoms with E-state index in [1.54, 1.807) is 25.4 Å². The summed E-state index contributed by atoms with van der Waals surface area (Å²) in [5.41, 5.74) is 3.37. The second kappa shape index (κ2) is 9.58. The zero-order valence-corrected chi connectivity index (χ0v) is 19.1. The summed E-state index contributed by atoms with van der Waals surface area (Å²) in [6.07, 6.45) is 6.10. The Morgan fingerprint density at radius 2 is 2.12 bits per heavy atom. The molecule has 0 saturated heterocycles. The van der Waals surface area contributed by atoms with Crippen LogP contribution in [0.25, 0.3) is 0 Å². The van der Waals surface area contributed by atoms with Gasteiger partial charge < -0.3 is 14.8 Å². The average Bonchev–Trinajstić information content (AvgIpc) is 3.15. The monoisotopic (exact) mass is 450 g/mol. The number of fused-ring (bicyclic) bond motifs is 1. The minimum Gasteiger partial charge on any atom is -0.497 e. The number of anilines is 1. The molecule has 0 bridgehead atoms. The summed E-state index contributed by atoms with van der Waals surface area (Å²) in [7, 11) is 1.59. The molecule has 0 aliphatic heterocycles. The lowest BCUT2D eigenvalue weighted by molar-refractivity contribution is -0.151. The number of esters is 1. The maximum Gasteiger partial charge on any atom is 0.317 e. The number of allylic oxidation sites excluding steroid dienone is 2. The summed E-state index contributed by atoms with van der Waals surface area (Å²) < 4.78 is 10.6. The highest BCUT2D eigenvalue weighted by Gasteiger charge is 2.40. The molecule has 0 radical (unpaired) electrons. The molecule has 4 rings (SSSR count). The van der Waals surface area contributed by atoms with Crippen molar-refractivity contribution in [2.75, 3.05) is 19.0 Å². The highest BCUT2D eigenvalue weighted by atomic mass is 32.1. The number of nitriles is 1. The summed E-state index contributed by atoms with van der Waals surface area (Å²) in [6.45, 7) is 1.95. The Morgan fingerprint density at radius 3 is 2.88 bits per heavy atom. The largest absolute Gasteiger partial charge is 0.497 e. The normalized spacial score (nSPS) is 20.0. The van der Waals surface area contributed by atoms with E-state index in [1.165, 1.54) is 11.0 Å². The number of nitrogens with one attached hydrogen (secondary N) is 1. The molecule has 1 N–H and O–H groups in total. The molecule has 0 spiro atoms.